The number of nitrogens with two attached hydrogens (primary N) is 1. The highest BCUT2D eigenvalue weighted by Gasteiger charge is 2.13. The first-order chi connectivity index (χ1) is 9.10. The van der Waals surface area contributed by atoms with E-state index in [0.717, 1.165) is 22.9 Å². The molecule has 2 rings (SSSR count). The summed E-state index contributed by atoms with van der Waals surface area (Å²) < 4.78 is 1.12. The van der Waals surface area contributed by atoms with Crippen LogP contribution in [0.2, 0.25) is 10.0 Å². The molecule has 3 N–H and O–H groups in total. The summed E-state index contributed by atoms with van der Waals surface area (Å²) in [6.07, 6.45) is 1.62. The highest BCUT2D eigenvalue weighted by Crippen LogP contribution is 2.26. The van der Waals surface area contributed by atoms with Crippen molar-refractivity contribution in [3.05, 3.63) is 54.6 Å². The van der Waals surface area contributed by atoms with Gasteiger partial charge in [-0.05, 0) is 57.9 Å². The van der Waals surface area contributed by atoms with E-state index in [-0.39, 0.29) is 6.04 Å². The molecule has 0 bridgehead atoms. The molecule has 19 heavy (non-hydrogen) atoms. The predicted molar refractivity (Wildman–Crippen MR) is 87.0 cm³/mol. The second kappa shape index (κ2) is 7.07. The molecule has 0 saturated carbocycles. The van der Waals surface area contributed by atoms with E-state index in [4.69, 9.17) is 29.0 Å². The lowest BCUT2D eigenvalue weighted by atomic mass is 10.0. The molecule has 1 aromatic heterocycles. The Balaban J connectivity index is 2.09. The van der Waals surface area contributed by atoms with Crippen molar-refractivity contribution in [2.75, 3.05) is 0 Å². The zero-order valence-corrected chi connectivity index (χ0v) is 13.9. The summed E-state index contributed by atoms with van der Waals surface area (Å²) in [5, 5.41) is 3.38. The van der Waals surface area contributed by atoms with Crippen molar-refractivity contribution in [3.8, 4) is 0 Å². The molecule has 1 heterocycles. The van der Waals surface area contributed by atoms with Gasteiger partial charge in [-0.3, -0.25) is 11.3 Å². The number of hydrogen-bond acceptors (Lipinski definition) is 3. The van der Waals surface area contributed by atoms with E-state index in [1.54, 1.807) is 17.4 Å². The topological polar surface area (TPSA) is 38.0 Å². The van der Waals surface area contributed by atoms with E-state index in [1.165, 1.54) is 4.88 Å². The van der Waals surface area contributed by atoms with Gasteiger partial charge in [0.15, 0.2) is 0 Å². The van der Waals surface area contributed by atoms with E-state index in [0.29, 0.717) is 10.0 Å². The van der Waals surface area contributed by atoms with Gasteiger partial charge in [0.05, 0.1) is 0 Å². The average molecular weight is 380 g/mol. The summed E-state index contributed by atoms with van der Waals surface area (Å²) in [7, 11) is 0. The fourth-order valence-corrected chi connectivity index (χ4v) is 3.92. The lowest BCUT2D eigenvalue weighted by Gasteiger charge is -2.16. The van der Waals surface area contributed by atoms with Crippen LogP contribution in [0, 0.1) is 0 Å². The lowest BCUT2D eigenvalue weighted by molar-refractivity contribution is 0.525. The molecule has 1 aromatic carbocycles. The molecule has 2 aromatic rings. The molecule has 0 aliphatic carbocycles. The Labute approximate surface area is 135 Å². The fraction of sp³-hybridized carbons (Fsp3) is 0.231. The average Bonchev–Trinajstić information content (AvgIpc) is 2.77. The molecule has 0 spiro atoms. The third kappa shape index (κ3) is 4.18. The van der Waals surface area contributed by atoms with Crippen LogP contribution >= 0.6 is 50.5 Å². The number of nitrogens with one attached hydrogen (secondary N) is 1. The maximum Gasteiger partial charge on any atom is 0.0453 e. The molecule has 6 heteroatoms. The van der Waals surface area contributed by atoms with Crippen molar-refractivity contribution in [2.45, 2.75) is 18.9 Å². The molecule has 0 fully saturated rings. The molecule has 2 nitrogen and oxygen atoms in total. The number of rotatable bonds is 5. The lowest BCUT2D eigenvalue weighted by Crippen LogP contribution is -2.38. The smallest absolute Gasteiger partial charge is 0.0453 e. The van der Waals surface area contributed by atoms with Gasteiger partial charge in [-0.2, -0.15) is 0 Å². The van der Waals surface area contributed by atoms with Gasteiger partial charge in [0.1, 0.15) is 0 Å². The zero-order valence-electron chi connectivity index (χ0n) is 10.00. The SMILES string of the molecule is NNC(Cc1ccc(Cl)cc1Cl)Cc1sccc1Br. The molecule has 1 atom stereocenters. The third-order valence-electron chi connectivity index (χ3n) is 2.84. The number of halogens is 3. The molecule has 0 aliphatic rings. The van der Waals surface area contributed by atoms with Crippen LogP contribution in [-0.4, -0.2) is 6.04 Å². The summed E-state index contributed by atoms with van der Waals surface area (Å²) in [6, 6.07) is 7.72. The summed E-state index contributed by atoms with van der Waals surface area (Å²) in [4.78, 5) is 1.27. The molecule has 0 amide bonds. The van der Waals surface area contributed by atoms with Crippen LogP contribution < -0.4 is 11.3 Å². The molecule has 0 saturated heterocycles. The second-order valence-corrected chi connectivity index (χ2v) is 6.90. The predicted octanol–water partition coefficient (Wildman–Crippen LogP) is 4.43. The van der Waals surface area contributed by atoms with Gasteiger partial charge in [0.25, 0.3) is 0 Å². The van der Waals surface area contributed by atoms with Crippen LogP contribution in [0.1, 0.15) is 10.4 Å². The molecule has 0 aliphatic heterocycles. The van der Waals surface area contributed by atoms with Crippen LogP contribution in [0.15, 0.2) is 34.1 Å². The maximum absolute atomic E-state index is 6.18. The number of thiophene rings is 1. The van der Waals surface area contributed by atoms with Crippen molar-refractivity contribution in [1.29, 1.82) is 0 Å². The van der Waals surface area contributed by atoms with Crippen molar-refractivity contribution in [2.24, 2.45) is 5.84 Å². The van der Waals surface area contributed by atoms with E-state index in [1.807, 2.05) is 18.2 Å². The quantitative estimate of drug-likeness (QED) is 0.595. The van der Waals surface area contributed by atoms with Gasteiger partial charge < -0.3 is 0 Å². The highest BCUT2D eigenvalue weighted by atomic mass is 79.9. The summed E-state index contributed by atoms with van der Waals surface area (Å²) >= 11 is 17.3. The van der Waals surface area contributed by atoms with E-state index >= 15 is 0 Å². The van der Waals surface area contributed by atoms with Crippen molar-refractivity contribution < 1.29 is 0 Å². The Bertz CT molecular complexity index is 559. The first kappa shape index (κ1) is 15.3. The Hall–Kier alpha value is -0.100. The fourth-order valence-electron chi connectivity index (χ4n) is 1.84. The summed E-state index contributed by atoms with van der Waals surface area (Å²) in [6.45, 7) is 0. The van der Waals surface area contributed by atoms with Gasteiger partial charge in [-0.1, -0.05) is 29.3 Å². The minimum atomic E-state index is 0.133. The number of benzene rings is 1. The van der Waals surface area contributed by atoms with Crippen molar-refractivity contribution >= 4 is 50.5 Å². The normalized spacial score (nSPS) is 12.6. The van der Waals surface area contributed by atoms with Crippen molar-refractivity contribution in [3.63, 3.8) is 0 Å². The van der Waals surface area contributed by atoms with E-state index in [2.05, 4.69) is 26.7 Å². The summed E-state index contributed by atoms with van der Waals surface area (Å²) in [5.74, 6) is 5.64. The Morgan fingerprint density at radius 1 is 1.26 bits per heavy atom. The molecule has 102 valence electrons. The van der Waals surface area contributed by atoms with Gasteiger partial charge in [0, 0.05) is 25.4 Å². The first-order valence-corrected chi connectivity index (χ1v) is 8.15. The highest BCUT2D eigenvalue weighted by molar-refractivity contribution is 9.10. The Morgan fingerprint density at radius 3 is 2.63 bits per heavy atom. The maximum atomic E-state index is 6.18. The van der Waals surface area contributed by atoms with Gasteiger partial charge in [-0.25, -0.2) is 0 Å². The van der Waals surface area contributed by atoms with Crippen LogP contribution in [0.3, 0.4) is 0 Å². The first-order valence-electron chi connectivity index (χ1n) is 5.72. The molecule has 0 radical (unpaired) electrons. The standard InChI is InChI=1S/C13H13BrCl2N2S/c14-11-3-4-19-13(11)7-10(18-17)5-8-1-2-9(15)6-12(8)16/h1-4,6,10,18H,5,7,17H2. The molecular formula is C13H13BrCl2N2S. The second-order valence-electron chi connectivity index (χ2n) is 4.20. The Kier molecular flexibility index (Phi) is 5.69. The number of hydrazine groups is 1. The molecule has 1 unspecified atom stereocenters. The van der Waals surface area contributed by atoms with Crippen molar-refractivity contribution in [1.82, 2.24) is 5.43 Å². The molecular weight excluding hydrogens is 367 g/mol. The van der Waals surface area contributed by atoms with Gasteiger partial charge >= 0.3 is 0 Å². The van der Waals surface area contributed by atoms with Crippen LogP contribution in [-0.2, 0) is 12.8 Å². The zero-order chi connectivity index (χ0) is 13.8. The van der Waals surface area contributed by atoms with Crippen LogP contribution in [0.25, 0.3) is 0 Å². The Morgan fingerprint density at radius 2 is 2.05 bits per heavy atom. The summed E-state index contributed by atoms with van der Waals surface area (Å²) in [5.41, 5.74) is 3.90. The van der Waals surface area contributed by atoms with Gasteiger partial charge in [0.2, 0.25) is 0 Å². The minimum absolute atomic E-state index is 0.133. The van der Waals surface area contributed by atoms with Crippen LogP contribution in [0.5, 0.6) is 0 Å². The monoisotopic (exact) mass is 378 g/mol. The third-order valence-corrected chi connectivity index (χ3v) is 5.38. The van der Waals surface area contributed by atoms with E-state index < -0.39 is 0 Å². The van der Waals surface area contributed by atoms with Gasteiger partial charge in [-0.15, -0.1) is 11.3 Å². The minimum Gasteiger partial charge on any atom is -0.271 e. The van der Waals surface area contributed by atoms with E-state index in [9.17, 15) is 0 Å². The largest absolute Gasteiger partial charge is 0.271 e. The number of hydrogen-bond donors (Lipinski definition) is 2. The van der Waals surface area contributed by atoms with Crippen LogP contribution in [0.4, 0.5) is 0 Å².